The predicted molar refractivity (Wildman–Crippen MR) is 50.7 cm³/mol. The summed E-state index contributed by atoms with van der Waals surface area (Å²) >= 11 is 0. The molecule has 0 aliphatic rings. The van der Waals surface area contributed by atoms with Crippen molar-refractivity contribution in [2.75, 3.05) is 7.05 Å². The van der Waals surface area contributed by atoms with Gasteiger partial charge < -0.3 is 5.73 Å². The molecule has 0 rings (SSSR count). The molecule has 5 nitrogen and oxygen atoms in total. The van der Waals surface area contributed by atoms with Crippen molar-refractivity contribution in [1.82, 2.24) is 4.90 Å². The number of nitrogens with two attached hydrogens (primary N) is 1. The van der Waals surface area contributed by atoms with E-state index in [1.807, 2.05) is 0 Å². The molecule has 3 amide bonds. The first-order valence-electron chi connectivity index (χ1n) is 3.30. The van der Waals surface area contributed by atoms with E-state index in [1.54, 1.807) is 0 Å². The van der Waals surface area contributed by atoms with Crippen LogP contribution in [0, 0.1) is 0 Å². The smallest absolute Gasteiger partial charge is 0.225 e. The number of imide groups is 1. The van der Waals surface area contributed by atoms with Gasteiger partial charge in [0.2, 0.25) is 17.7 Å². The maximum absolute atomic E-state index is 10.3. The molecule has 0 aliphatic heterocycles. The molecule has 0 fully saturated rings. The molecule has 0 spiro atoms. The second kappa shape index (κ2) is 8.70. The normalized spacial score (nSPS) is 7.08. The number of rotatable bonds is 0. The molecule has 0 saturated heterocycles. The Kier molecular flexibility index (Phi) is 11.8. The minimum absolute atomic E-state index is 0. The number of hydrogen-bond donors (Lipinski definition) is 1. The van der Waals surface area contributed by atoms with Gasteiger partial charge in [-0.05, 0) is 0 Å². The van der Waals surface area contributed by atoms with Crippen LogP contribution in [0.1, 0.15) is 28.2 Å². The third-order valence-electron chi connectivity index (χ3n) is 0.945. The molecular formula is C8H18N2O3. The van der Waals surface area contributed by atoms with Gasteiger partial charge in [0.1, 0.15) is 0 Å². The van der Waals surface area contributed by atoms with E-state index >= 15 is 0 Å². The summed E-state index contributed by atoms with van der Waals surface area (Å²) < 4.78 is 0. The Bertz CT molecular complexity index is 172. The Morgan fingerprint density at radius 3 is 1.15 bits per heavy atom. The summed E-state index contributed by atoms with van der Waals surface area (Å²) in [4.78, 5) is 30.9. The van der Waals surface area contributed by atoms with E-state index in [4.69, 9.17) is 0 Å². The van der Waals surface area contributed by atoms with Crippen molar-refractivity contribution >= 4 is 17.7 Å². The second-order valence-electron chi connectivity index (χ2n) is 2.21. The first-order chi connectivity index (χ1) is 5.29. The molecule has 0 heterocycles. The number of carbonyl (C=O) groups excluding carboxylic acids is 3. The highest BCUT2D eigenvalue weighted by atomic mass is 16.2. The van der Waals surface area contributed by atoms with Crippen LogP contribution in [0.3, 0.4) is 0 Å². The van der Waals surface area contributed by atoms with Gasteiger partial charge in [-0.15, -0.1) is 0 Å². The van der Waals surface area contributed by atoms with Crippen LogP contribution >= 0.6 is 0 Å². The molecule has 78 valence electrons. The Morgan fingerprint density at radius 1 is 1.00 bits per heavy atom. The maximum atomic E-state index is 10.3. The van der Waals surface area contributed by atoms with Crippen molar-refractivity contribution in [3.8, 4) is 0 Å². The summed E-state index contributed by atoms with van der Waals surface area (Å²) in [6.45, 7) is 4.00. The summed E-state index contributed by atoms with van der Waals surface area (Å²) in [5.41, 5.74) is 4.47. The summed E-state index contributed by atoms with van der Waals surface area (Å²) in [6, 6.07) is 0. The molecule has 0 aromatic carbocycles. The van der Waals surface area contributed by atoms with Gasteiger partial charge >= 0.3 is 0 Å². The highest BCUT2D eigenvalue weighted by Crippen LogP contribution is 1.81. The molecule has 0 unspecified atom stereocenters. The largest absolute Gasteiger partial charge is 0.370 e. The van der Waals surface area contributed by atoms with E-state index in [-0.39, 0.29) is 25.1 Å². The number of hydrogen-bond acceptors (Lipinski definition) is 3. The molecule has 0 radical (unpaired) electrons. The molecule has 5 heteroatoms. The van der Waals surface area contributed by atoms with Crippen LogP contribution in [0.4, 0.5) is 0 Å². The van der Waals surface area contributed by atoms with Crippen LogP contribution in [0.2, 0.25) is 0 Å². The number of nitrogens with zero attached hydrogens (tertiary/aromatic N) is 1. The standard InChI is InChI=1S/C5H9NO2.C2H5NO.CH4/c1-4(7)6(3)5(2)8;1-2(3)4;/h1-3H3;1H3,(H2,3,4);1H4. The van der Waals surface area contributed by atoms with E-state index in [0.717, 1.165) is 4.90 Å². The first kappa shape index (κ1) is 17.6. The molecule has 0 bridgehead atoms. The van der Waals surface area contributed by atoms with Gasteiger partial charge in [-0.25, -0.2) is 0 Å². The zero-order valence-corrected chi connectivity index (χ0v) is 7.75. The lowest BCUT2D eigenvalue weighted by Gasteiger charge is -2.07. The lowest BCUT2D eigenvalue weighted by atomic mass is 10.5. The Balaban J connectivity index is -0.000000173. The lowest BCUT2D eigenvalue weighted by molar-refractivity contribution is -0.140. The van der Waals surface area contributed by atoms with Gasteiger partial charge in [0.25, 0.3) is 0 Å². The quantitative estimate of drug-likeness (QED) is 0.590. The lowest BCUT2D eigenvalue weighted by Crippen LogP contribution is -2.28. The van der Waals surface area contributed by atoms with Crippen molar-refractivity contribution in [2.45, 2.75) is 28.2 Å². The molecule has 0 atom stereocenters. The number of amides is 3. The number of primary amides is 1. The average molecular weight is 190 g/mol. The maximum Gasteiger partial charge on any atom is 0.225 e. The zero-order chi connectivity index (χ0) is 10.3. The third-order valence-corrected chi connectivity index (χ3v) is 0.945. The predicted octanol–water partition coefficient (Wildman–Crippen LogP) is 0.139. The van der Waals surface area contributed by atoms with Gasteiger partial charge in [-0.1, -0.05) is 7.43 Å². The number of carbonyl (C=O) groups is 3. The van der Waals surface area contributed by atoms with Crippen molar-refractivity contribution < 1.29 is 14.4 Å². The van der Waals surface area contributed by atoms with Gasteiger partial charge in [0, 0.05) is 27.8 Å². The van der Waals surface area contributed by atoms with Crippen molar-refractivity contribution in [3.05, 3.63) is 0 Å². The van der Waals surface area contributed by atoms with Crippen LogP contribution in [-0.4, -0.2) is 29.7 Å². The molecule has 0 aliphatic carbocycles. The van der Waals surface area contributed by atoms with Gasteiger partial charge in [0.15, 0.2) is 0 Å². The van der Waals surface area contributed by atoms with Crippen molar-refractivity contribution in [2.24, 2.45) is 5.73 Å². The van der Waals surface area contributed by atoms with E-state index in [9.17, 15) is 14.4 Å². The van der Waals surface area contributed by atoms with Crippen LogP contribution in [0.15, 0.2) is 0 Å². The van der Waals surface area contributed by atoms with E-state index in [0.29, 0.717) is 0 Å². The molecule has 0 aromatic heterocycles. The SMILES string of the molecule is C.CC(=O)N(C)C(C)=O.CC(N)=O. The van der Waals surface area contributed by atoms with E-state index < -0.39 is 0 Å². The summed E-state index contributed by atoms with van der Waals surface area (Å²) in [5.74, 6) is -0.782. The monoisotopic (exact) mass is 190 g/mol. The first-order valence-corrected chi connectivity index (χ1v) is 3.30. The average Bonchev–Trinajstić information content (AvgIpc) is 1.84. The summed E-state index contributed by atoms with van der Waals surface area (Å²) in [7, 11) is 1.45. The van der Waals surface area contributed by atoms with Crippen LogP contribution < -0.4 is 5.73 Å². The Morgan fingerprint density at radius 2 is 1.15 bits per heavy atom. The second-order valence-corrected chi connectivity index (χ2v) is 2.21. The van der Waals surface area contributed by atoms with Crippen molar-refractivity contribution in [3.63, 3.8) is 0 Å². The molecule has 0 aromatic rings. The van der Waals surface area contributed by atoms with Crippen LogP contribution in [0.5, 0.6) is 0 Å². The van der Waals surface area contributed by atoms with Crippen molar-refractivity contribution in [1.29, 1.82) is 0 Å². The Hall–Kier alpha value is -1.39. The minimum atomic E-state index is -0.333. The highest BCUT2D eigenvalue weighted by molar-refractivity contribution is 5.92. The van der Waals surface area contributed by atoms with E-state index in [2.05, 4.69) is 5.73 Å². The fourth-order valence-electron chi connectivity index (χ4n) is 0.222. The third kappa shape index (κ3) is 18.0. The topological polar surface area (TPSA) is 80.5 Å². The van der Waals surface area contributed by atoms with Gasteiger partial charge in [-0.2, -0.15) is 0 Å². The molecule has 13 heavy (non-hydrogen) atoms. The van der Waals surface area contributed by atoms with Gasteiger partial charge in [0.05, 0.1) is 0 Å². The van der Waals surface area contributed by atoms with Gasteiger partial charge in [-0.3, -0.25) is 19.3 Å². The fourth-order valence-corrected chi connectivity index (χ4v) is 0.222. The molecule has 0 saturated carbocycles. The molecule has 2 N–H and O–H groups in total. The minimum Gasteiger partial charge on any atom is -0.370 e. The zero-order valence-electron chi connectivity index (χ0n) is 7.75. The summed E-state index contributed by atoms with van der Waals surface area (Å²) in [5, 5.41) is 0. The Labute approximate surface area is 78.9 Å². The van der Waals surface area contributed by atoms with E-state index in [1.165, 1.54) is 27.8 Å². The fraction of sp³-hybridized carbons (Fsp3) is 0.625. The van der Waals surface area contributed by atoms with Crippen LogP contribution in [0.25, 0.3) is 0 Å². The van der Waals surface area contributed by atoms with Crippen LogP contribution in [-0.2, 0) is 14.4 Å². The molecular weight excluding hydrogens is 172 g/mol. The highest BCUT2D eigenvalue weighted by Gasteiger charge is 2.04. The summed E-state index contributed by atoms with van der Waals surface area (Å²) in [6.07, 6.45) is 0.